The van der Waals surface area contributed by atoms with E-state index in [9.17, 15) is 9.90 Å². The Kier molecular flexibility index (Phi) is 3.56. The van der Waals surface area contributed by atoms with Crippen LogP contribution in [-0.2, 0) is 16.0 Å². The van der Waals surface area contributed by atoms with Crippen LogP contribution >= 0.6 is 11.3 Å². The Morgan fingerprint density at radius 3 is 3.16 bits per heavy atom. The van der Waals surface area contributed by atoms with Crippen LogP contribution in [0.25, 0.3) is 0 Å². The maximum absolute atomic E-state index is 11.3. The Labute approximate surface area is 116 Å². The number of aliphatic carboxylic acids is 1. The molecule has 19 heavy (non-hydrogen) atoms. The minimum Gasteiger partial charge on any atom is -0.481 e. The predicted molar refractivity (Wildman–Crippen MR) is 71.6 cm³/mol. The van der Waals surface area contributed by atoms with E-state index >= 15 is 0 Å². The third kappa shape index (κ3) is 2.52. The molecule has 1 fully saturated rings. The number of carboxylic acid groups (broad SMARTS) is 1. The van der Waals surface area contributed by atoms with Crippen LogP contribution in [0.15, 0.2) is 0 Å². The summed E-state index contributed by atoms with van der Waals surface area (Å²) in [5.41, 5.74) is 0.788. The highest BCUT2D eigenvalue weighted by Crippen LogP contribution is 2.37. The Morgan fingerprint density at radius 1 is 1.58 bits per heavy atom. The molecular weight excluding hydrogens is 264 g/mol. The van der Waals surface area contributed by atoms with Crippen LogP contribution in [-0.4, -0.2) is 47.7 Å². The molecule has 6 heteroatoms. The number of likely N-dealkylation sites (N-methyl/N-ethyl adjacent to an activating group) is 1. The van der Waals surface area contributed by atoms with Crippen molar-refractivity contribution < 1.29 is 14.6 Å². The highest BCUT2D eigenvalue weighted by Gasteiger charge is 2.32. The van der Waals surface area contributed by atoms with Crippen LogP contribution in [0.4, 0.5) is 0 Å². The van der Waals surface area contributed by atoms with Gasteiger partial charge >= 0.3 is 5.97 Å². The molecule has 1 aromatic heterocycles. The summed E-state index contributed by atoms with van der Waals surface area (Å²) in [5, 5.41) is 10.2. The number of hydrogen-bond acceptors (Lipinski definition) is 5. The molecule has 0 radical (unpaired) electrons. The summed E-state index contributed by atoms with van der Waals surface area (Å²) in [5.74, 6) is -1.17. The van der Waals surface area contributed by atoms with E-state index in [1.165, 1.54) is 0 Å². The van der Waals surface area contributed by atoms with Crippen molar-refractivity contribution in [2.24, 2.45) is 0 Å². The lowest BCUT2D eigenvalue weighted by molar-refractivity contribution is -0.139. The molecule has 0 saturated carbocycles. The molecule has 1 aliphatic carbocycles. The highest BCUT2D eigenvalue weighted by atomic mass is 32.1. The summed E-state index contributed by atoms with van der Waals surface area (Å²) >= 11 is 1.64. The molecule has 0 spiro atoms. The van der Waals surface area contributed by atoms with Gasteiger partial charge in [0.15, 0.2) is 0 Å². The largest absolute Gasteiger partial charge is 0.481 e. The number of morpholine rings is 1. The fourth-order valence-electron chi connectivity index (χ4n) is 2.74. The van der Waals surface area contributed by atoms with Gasteiger partial charge in [-0.25, -0.2) is 4.98 Å². The zero-order valence-electron chi connectivity index (χ0n) is 11.0. The van der Waals surface area contributed by atoms with E-state index in [0.717, 1.165) is 41.5 Å². The normalized spacial score (nSPS) is 28.1. The average Bonchev–Trinajstić information content (AvgIpc) is 2.82. The molecule has 1 aromatic rings. The summed E-state index contributed by atoms with van der Waals surface area (Å²) in [4.78, 5) is 19.2. The maximum Gasteiger partial charge on any atom is 0.312 e. The van der Waals surface area contributed by atoms with E-state index < -0.39 is 11.9 Å². The van der Waals surface area contributed by atoms with Gasteiger partial charge in [0.1, 0.15) is 11.1 Å². The summed E-state index contributed by atoms with van der Waals surface area (Å²) in [6.45, 7) is 2.50. The fourth-order valence-corrected chi connectivity index (χ4v) is 3.95. The van der Waals surface area contributed by atoms with Crippen LogP contribution < -0.4 is 0 Å². The fraction of sp³-hybridized carbons (Fsp3) is 0.692. The number of nitrogens with zero attached hydrogens (tertiary/aromatic N) is 2. The number of rotatable bonds is 2. The van der Waals surface area contributed by atoms with Crippen molar-refractivity contribution >= 4 is 17.3 Å². The Hall–Kier alpha value is -0.980. The van der Waals surface area contributed by atoms with Crippen LogP contribution in [0.5, 0.6) is 0 Å². The summed E-state index contributed by atoms with van der Waals surface area (Å²) in [6, 6.07) is 0. The third-order valence-electron chi connectivity index (χ3n) is 3.81. The Bertz CT molecular complexity index is 488. The zero-order chi connectivity index (χ0) is 13.4. The van der Waals surface area contributed by atoms with E-state index in [0.29, 0.717) is 13.0 Å². The number of thiazole rings is 1. The molecule has 104 valence electrons. The van der Waals surface area contributed by atoms with E-state index in [1.807, 2.05) is 0 Å². The quantitative estimate of drug-likeness (QED) is 0.893. The van der Waals surface area contributed by atoms with Gasteiger partial charge < -0.3 is 14.7 Å². The van der Waals surface area contributed by atoms with Gasteiger partial charge in [-0.3, -0.25) is 4.79 Å². The van der Waals surface area contributed by atoms with Crippen molar-refractivity contribution in [1.82, 2.24) is 9.88 Å². The van der Waals surface area contributed by atoms with E-state index in [1.54, 1.807) is 11.3 Å². The smallest absolute Gasteiger partial charge is 0.312 e. The molecule has 2 atom stereocenters. The standard InChI is InChI=1S/C13H18N2O3S/c1-15-5-6-18-9(7-15)12-14-11-8(13(16)17)3-2-4-10(11)19-12/h8-9H,2-7H2,1H3,(H,16,17). The van der Waals surface area contributed by atoms with Crippen molar-refractivity contribution in [2.75, 3.05) is 26.7 Å². The monoisotopic (exact) mass is 282 g/mol. The number of aromatic nitrogens is 1. The number of ether oxygens (including phenoxy) is 1. The van der Waals surface area contributed by atoms with E-state index in [4.69, 9.17) is 4.74 Å². The van der Waals surface area contributed by atoms with Gasteiger partial charge in [-0.05, 0) is 26.3 Å². The van der Waals surface area contributed by atoms with Crippen LogP contribution in [0.1, 0.15) is 40.4 Å². The summed E-state index contributed by atoms with van der Waals surface area (Å²) < 4.78 is 5.77. The minimum atomic E-state index is -0.750. The number of carboxylic acids is 1. The van der Waals surface area contributed by atoms with Crippen LogP contribution in [0.3, 0.4) is 0 Å². The van der Waals surface area contributed by atoms with Crippen LogP contribution in [0, 0.1) is 0 Å². The highest BCUT2D eigenvalue weighted by molar-refractivity contribution is 7.11. The van der Waals surface area contributed by atoms with Crippen LogP contribution in [0.2, 0.25) is 0 Å². The van der Waals surface area contributed by atoms with Gasteiger partial charge in [0.25, 0.3) is 0 Å². The van der Waals surface area contributed by atoms with Gasteiger partial charge in [0, 0.05) is 18.0 Å². The number of aryl methyl sites for hydroxylation is 1. The topological polar surface area (TPSA) is 62.7 Å². The lowest BCUT2D eigenvalue weighted by atomic mass is 9.91. The molecule has 1 aliphatic heterocycles. The lowest BCUT2D eigenvalue weighted by Crippen LogP contribution is -2.35. The van der Waals surface area contributed by atoms with Crippen molar-refractivity contribution in [3.63, 3.8) is 0 Å². The number of fused-ring (bicyclic) bond motifs is 1. The van der Waals surface area contributed by atoms with Gasteiger partial charge in [-0.2, -0.15) is 0 Å². The Balaban J connectivity index is 1.86. The predicted octanol–water partition coefficient (Wildman–Crippen LogP) is 1.65. The second-order valence-corrected chi connectivity index (χ2v) is 6.38. The first kappa shape index (κ1) is 13.0. The second kappa shape index (κ2) is 5.19. The van der Waals surface area contributed by atoms with Crippen molar-refractivity contribution in [3.8, 4) is 0 Å². The molecule has 2 heterocycles. The summed E-state index contributed by atoms with van der Waals surface area (Å²) in [6.07, 6.45) is 2.61. The molecule has 3 rings (SSSR count). The van der Waals surface area contributed by atoms with Gasteiger partial charge in [0.2, 0.25) is 0 Å². The van der Waals surface area contributed by atoms with E-state index in [2.05, 4.69) is 16.9 Å². The second-order valence-electron chi connectivity index (χ2n) is 5.27. The molecule has 1 saturated heterocycles. The first-order valence-corrected chi connectivity index (χ1v) is 7.49. The van der Waals surface area contributed by atoms with Crippen molar-refractivity contribution in [3.05, 3.63) is 15.6 Å². The lowest BCUT2D eigenvalue weighted by Gasteiger charge is -2.28. The number of hydrogen-bond donors (Lipinski definition) is 1. The molecule has 2 unspecified atom stereocenters. The Morgan fingerprint density at radius 2 is 2.42 bits per heavy atom. The first-order chi connectivity index (χ1) is 9.15. The molecule has 2 aliphatic rings. The molecule has 1 N–H and O–H groups in total. The third-order valence-corrected chi connectivity index (χ3v) is 5.04. The van der Waals surface area contributed by atoms with Gasteiger partial charge in [-0.1, -0.05) is 0 Å². The van der Waals surface area contributed by atoms with Gasteiger partial charge in [-0.15, -0.1) is 11.3 Å². The maximum atomic E-state index is 11.3. The molecule has 0 amide bonds. The zero-order valence-corrected chi connectivity index (χ0v) is 11.8. The molecule has 5 nitrogen and oxygen atoms in total. The molecular formula is C13H18N2O3S. The molecule has 0 bridgehead atoms. The van der Waals surface area contributed by atoms with Crippen molar-refractivity contribution in [1.29, 1.82) is 0 Å². The summed E-state index contributed by atoms with van der Waals surface area (Å²) in [7, 11) is 2.07. The number of carbonyl (C=O) groups is 1. The van der Waals surface area contributed by atoms with E-state index in [-0.39, 0.29) is 6.10 Å². The average molecular weight is 282 g/mol. The first-order valence-electron chi connectivity index (χ1n) is 6.67. The molecule has 0 aromatic carbocycles. The van der Waals surface area contributed by atoms with Crippen molar-refractivity contribution in [2.45, 2.75) is 31.3 Å². The minimum absolute atomic E-state index is 0.00351. The van der Waals surface area contributed by atoms with Gasteiger partial charge in [0.05, 0.1) is 18.2 Å². The SMILES string of the molecule is CN1CCOC(c2nc3c(s2)CCCC3C(=O)O)C1.